The molecule has 1 fully saturated rings. The van der Waals surface area contributed by atoms with Gasteiger partial charge in [0.1, 0.15) is 5.75 Å². The zero-order chi connectivity index (χ0) is 15.5. The van der Waals surface area contributed by atoms with Gasteiger partial charge in [-0.05, 0) is 24.1 Å². The van der Waals surface area contributed by atoms with Crippen LogP contribution in [0, 0.1) is 5.92 Å². The highest BCUT2D eigenvalue weighted by molar-refractivity contribution is 7.91. The fraction of sp³-hybridized carbons (Fsp3) is 0.462. The fourth-order valence-electron chi connectivity index (χ4n) is 2.12. The zero-order valence-electron chi connectivity index (χ0n) is 11.1. The van der Waals surface area contributed by atoms with E-state index in [-0.39, 0.29) is 29.7 Å². The number of alkyl halides is 2. The van der Waals surface area contributed by atoms with Crippen LogP contribution in [0.4, 0.5) is 8.78 Å². The lowest BCUT2D eigenvalue weighted by Crippen LogP contribution is -2.30. The molecule has 1 heterocycles. The van der Waals surface area contributed by atoms with Crippen molar-refractivity contribution in [2.45, 2.75) is 19.6 Å². The van der Waals surface area contributed by atoms with Gasteiger partial charge >= 0.3 is 6.61 Å². The molecule has 1 aromatic carbocycles. The number of benzene rings is 1. The van der Waals surface area contributed by atoms with Crippen molar-refractivity contribution in [2.24, 2.45) is 5.92 Å². The molecule has 116 valence electrons. The molecule has 1 aliphatic heterocycles. The van der Waals surface area contributed by atoms with Gasteiger partial charge in [0.2, 0.25) is 5.91 Å². The lowest BCUT2D eigenvalue weighted by atomic mass is 10.1. The summed E-state index contributed by atoms with van der Waals surface area (Å²) in [6.45, 7) is -2.66. The van der Waals surface area contributed by atoms with E-state index < -0.39 is 22.4 Å². The first-order valence-electron chi connectivity index (χ1n) is 6.37. The van der Waals surface area contributed by atoms with Gasteiger partial charge in [0.15, 0.2) is 9.84 Å². The summed E-state index contributed by atoms with van der Waals surface area (Å²) in [7, 11) is -3.09. The van der Waals surface area contributed by atoms with E-state index in [0.717, 1.165) is 0 Å². The Labute approximate surface area is 121 Å². The summed E-state index contributed by atoms with van der Waals surface area (Å²) in [6.07, 6.45) is 0.343. The molecule has 0 spiro atoms. The van der Waals surface area contributed by atoms with Crippen LogP contribution in [0.15, 0.2) is 24.3 Å². The largest absolute Gasteiger partial charge is 0.435 e. The van der Waals surface area contributed by atoms with Gasteiger partial charge in [-0.3, -0.25) is 4.79 Å². The molecule has 1 unspecified atom stereocenters. The van der Waals surface area contributed by atoms with Crippen LogP contribution in [-0.2, 0) is 21.2 Å². The third kappa shape index (κ3) is 4.66. The number of carbonyl (C=O) groups is 1. The van der Waals surface area contributed by atoms with Crippen molar-refractivity contribution in [3.8, 4) is 5.75 Å². The molecule has 2 rings (SSSR count). The summed E-state index contributed by atoms with van der Waals surface area (Å²) in [5, 5.41) is 2.65. The third-order valence-corrected chi connectivity index (χ3v) is 4.99. The van der Waals surface area contributed by atoms with Crippen molar-refractivity contribution in [1.82, 2.24) is 5.32 Å². The maximum Gasteiger partial charge on any atom is 0.387 e. The molecule has 0 saturated carbocycles. The molecule has 1 atom stereocenters. The summed E-state index contributed by atoms with van der Waals surface area (Å²) in [6, 6.07) is 5.88. The van der Waals surface area contributed by atoms with E-state index >= 15 is 0 Å². The Morgan fingerprint density at radius 1 is 1.33 bits per heavy atom. The average Bonchev–Trinajstić information content (AvgIpc) is 2.77. The molecule has 0 aromatic heterocycles. The van der Waals surface area contributed by atoms with Crippen LogP contribution in [0.2, 0.25) is 0 Å². The Kier molecular flexibility index (Phi) is 4.76. The van der Waals surface area contributed by atoms with Crippen LogP contribution < -0.4 is 10.1 Å². The van der Waals surface area contributed by atoms with Crippen LogP contribution >= 0.6 is 0 Å². The highest BCUT2D eigenvalue weighted by Crippen LogP contribution is 2.19. The van der Waals surface area contributed by atoms with Gasteiger partial charge in [0.05, 0.1) is 17.4 Å². The van der Waals surface area contributed by atoms with Gasteiger partial charge in [0, 0.05) is 6.54 Å². The normalized spacial score (nSPS) is 20.4. The minimum Gasteiger partial charge on any atom is -0.435 e. The summed E-state index contributed by atoms with van der Waals surface area (Å²) in [5.74, 6) is -0.826. The van der Waals surface area contributed by atoms with Crippen LogP contribution in [-0.4, -0.2) is 32.4 Å². The van der Waals surface area contributed by atoms with Crippen molar-refractivity contribution < 1.29 is 26.7 Å². The lowest BCUT2D eigenvalue weighted by molar-refractivity contribution is -0.124. The van der Waals surface area contributed by atoms with Gasteiger partial charge in [-0.15, -0.1) is 0 Å². The Morgan fingerprint density at radius 2 is 2.00 bits per heavy atom. The van der Waals surface area contributed by atoms with Crippen molar-refractivity contribution in [3.05, 3.63) is 29.8 Å². The Hall–Kier alpha value is -1.70. The summed E-state index contributed by atoms with van der Waals surface area (Å²) in [5.41, 5.74) is 0.714. The summed E-state index contributed by atoms with van der Waals surface area (Å²) >= 11 is 0. The SMILES string of the molecule is O=C(NCc1ccc(OC(F)F)cc1)C1CCS(=O)(=O)C1. The Bertz CT molecular complexity index is 601. The van der Waals surface area contributed by atoms with Crippen LogP contribution in [0.25, 0.3) is 0 Å². The van der Waals surface area contributed by atoms with Crippen LogP contribution in [0.3, 0.4) is 0 Å². The molecule has 0 aliphatic carbocycles. The average molecular weight is 319 g/mol. The third-order valence-electron chi connectivity index (χ3n) is 3.22. The van der Waals surface area contributed by atoms with Crippen LogP contribution in [0.5, 0.6) is 5.75 Å². The maximum absolute atomic E-state index is 12.0. The van der Waals surface area contributed by atoms with E-state index in [0.29, 0.717) is 12.0 Å². The molecule has 1 amide bonds. The van der Waals surface area contributed by atoms with E-state index in [1.54, 1.807) is 12.1 Å². The number of halogens is 2. The second kappa shape index (κ2) is 6.38. The van der Waals surface area contributed by atoms with Crippen molar-refractivity contribution in [2.75, 3.05) is 11.5 Å². The first kappa shape index (κ1) is 15.7. The van der Waals surface area contributed by atoms with E-state index in [1.165, 1.54) is 12.1 Å². The number of sulfone groups is 1. The van der Waals surface area contributed by atoms with Gasteiger partial charge in [-0.1, -0.05) is 12.1 Å². The number of rotatable bonds is 5. The molecule has 21 heavy (non-hydrogen) atoms. The zero-order valence-corrected chi connectivity index (χ0v) is 11.9. The maximum atomic E-state index is 12.0. The molecule has 0 bridgehead atoms. The highest BCUT2D eigenvalue weighted by Gasteiger charge is 2.32. The molecule has 1 N–H and O–H groups in total. The number of nitrogens with one attached hydrogen (secondary N) is 1. The molecule has 1 aromatic rings. The highest BCUT2D eigenvalue weighted by atomic mass is 32.2. The fourth-order valence-corrected chi connectivity index (χ4v) is 3.87. The number of carbonyl (C=O) groups excluding carboxylic acids is 1. The predicted octanol–water partition coefficient (Wildman–Crippen LogP) is 1.34. The summed E-state index contributed by atoms with van der Waals surface area (Å²) in [4.78, 5) is 11.8. The smallest absolute Gasteiger partial charge is 0.387 e. The van der Waals surface area contributed by atoms with Crippen molar-refractivity contribution in [3.63, 3.8) is 0 Å². The molecule has 5 nitrogen and oxygen atoms in total. The second-order valence-electron chi connectivity index (χ2n) is 4.84. The number of ether oxygens (including phenoxy) is 1. The lowest BCUT2D eigenvalue weighted by Gasteiger charge is -2.10. The standard InChI is InChI=1S/C13H15F2NO4S/c14-13(15)20-11-3-1-9(2-4-11)7-16-12(17)10-5-6-21(18,19)8-10/h1-4,10,13H,5-8H2,(H,16,17). The molecule has 1 aliphatic rings. The van der Waals surface area contributed by atoms with Crippen molar-refractivity contribution in [1.29, 1.82) is 0 Å². The molecule has 0 radical (unpaired) electrons. The minimum atomic E-state index is -3.09. The minimum absolute atomic E-state index is 0.0435. The molecule has 8 heteroatoms. The second-order valence-corrected chi connectivity index (χ2v) is 7.07. The van der Waals surface area contributed by atoms with Gasteiger partial charge < -0.3 is 10.1 Å². The van der Waals surface area contributed by atoms with E-state index in [1.807, 2.05) is 0 Å². The van der Waals surface area contributed by atoms with Gasteiger partial charge in [-0.25, -0.2) is 8.42 Å². The van der Waals surface area contributed by atoms with Gasteiger partial charge in [0.25, 0.3) is 0 Å². The Balaban J connectivity index is 1.84. The van der Waals surface area contributed by atoms with E-state index in [4.69, 9.17) is 0 Å². The van der Waals surface area contributed by atoms with Gasteiger partial charge in [-0.2, -0.15) is 8.78 Å². The van der Waals surface area contributed by atoms with E-state index in [2.05, 4.69) is 10.1 Å². The van der Waals surface area contributed by atoms with Crippen LogP contribution in [0.1, 0.15) is 12.0 Å². The molecule has 1 saturated heterocycles. The van der Waals surface area contributed by atoms with E-state index in [9.17, 15) is 22.0 Å². The van der Waals surface area contributed by atoms with Crippen molar-refractivity contribution >= 4 is 15.7 Å². The quantitative estimate of drug-likeness (QED) is 0.889. The Morgan fingerprint density at radius 3 is 2.52 bits per heavy atom. The number of hydrogen-bond donors (Lipinski definition) is 1. The molecular formula is C13H15F2NO4S. The first-order valence-corrected chi connectivity index (χ1v) is 8.20. The monoisotopic (exact) mass is 319 g/mol. The molecular weight excluding hydrogens is 304 g/mol. The topological polar surface area (TPSA) is 72.5 Å². The summed E-state index contributed by atoms with van der Waals surface area (Å²) < 4.78 is 50.8. The number of amides is 1. The predicted molar refractivity (Wildman–Crippen MR) is 71.7 cm³/mol. The number of hydrogen-bond acceptors (Lipinski definition) is 4. The first-order chi connectivity index (χ1) is 9.85.